The molecule has 0 aliphatic rings. The minimum atomic E-state index is -4.45. The maximum atomic E-state index is 13.2. The van der Waals surface area contributed by atoms with E-state index in [2.05, 4.69) is 26.2 Å². The molecule has 1 aromatic heterocycles. The second-order valence-electron chi connectivity index (χ2n) is 4.47. The highest BCUT2D eigenvalue weighted by Gasteiger charge is 2.32. The Kier molecular flexibility index (Phi) is 4.51. The third-order valence-corrected chi connectivity index (χ3v) is 3.49. The molecule has 7 heteroatoms. The fraction of sp³-hybridized carbons (Fsp3) is 0.214. The van der Waals surface area contributed by atoms with E-state index in [1.165, 1.54) is 12.1 Å². The number of pyridine rings is 1. The number of anilines is 1. The van der Waals surface area contributed by atoms with Gasteiger partial charge in [-0.25, -0.2) is 9.37 Å². The summed E-state index contributed by atoms with van der Waals surface area (Å²) in [5, 5.41) is 3.01. The third kappa shape index (κ3) is 3.93. The molecule has 21 heavy (non-hydrogen) atoms. The average molecular weight is 363 g/mol. The summed E-state index contributed by atoms with van der Waals surface area (Å²) in [6.45, 7) is 1.82. The summed E-state index contributed by atoms with van der Waals surface area (Å²) in [7, 11) is 0. The first-order valence-electron chi connectivity index (χ1n) is 6.02. The first-order valence-corrected chi connectivity index (χ1v) is 6.81. The van der Waals surface area contributed by atoms with Crippen LogP contribution in [0.25, 0.3) is 0 Å². The van der Waals surface area contributed by atoms with E-state index in [9.17, 15) is 17.6 Å². The lowest BCUT2D eigenvalue weighted by molar-refractivity contribution is -0.141. The summed E-state index contributed by atoms with van der Waals surface area (Å²) in [5.74, 6) is -0.373. The van der Waals surface area contributed by atoms with Crippen LogP contribution in [-0.4, -0.2) is 4.98 Å². The Balaban J connectivity index is 2.12. The van der Waals surface area contributed by atoms with E-state index in [-0.39, 0.29) is 11.9 Å². The third-order valence-electron chi connectivity index (χ3n) is 2.88. The normalized spacial score (nSPS) is 13.0. The largest absolute Gasteiger partial charge is 0.433 e. The monoisotopic (exact) mass is 362 g/mol. The van der Waals surface area contributed by atoms with Crippen molar-refractivity contribution in [2.24, 2.45) is 0 Å². The van der Waals surface area contributed by atoms with Gasteiger partial charge >= 0.3 is 6.18 Å². The Bertz CT molecular complexity index is 626. The van der Waals surface area contributed by atoms with Gasteiger partial charge in [-0.2, -0.15) is 13.2 Å². The van der Waals surface area contributed by atoms with E-state index in [4.69, 9.17) is 0 Å². The fourth-order valence-electron chi connectivity index (χ4n) is 1.76. The van der Waals surface area contributed by atoms with Crippen molar-refractivity contribution >= 4 is 21.6 Å². The second kappa shape index (κ2) is 6.01. The molecule has 112 valence electrons. The number of alkyl halides is 3. The van der Waals surface area contributed by atoms with E-state index in [0.29, 0.717) is 10.2 Å². The summed E-state index contributed by atoms with van der Waals surface area (Å²) in [4.78, 5) is 3.37. The van der Waals surface area contributed by atoms with Gasteiger partial charge in [0.15, 0.2) is 0 Å². The molecule has 0 aliphatic carbocycles. The average Bonchev–Trinajstić information content (AvgIpc) is 2.41. The Morgan fingerprint density at radius 3 is 2.43 bits per heavy atom. The molecular formula is C14H11BrF4N2. The van der Waals surface area contributed by atoms with Crippen LogP contribution in [0.5, 0.6) is 0 Å². The van der Waals surface area contributed by atoms with Crippen molar-refractivity contribution in [1.29, 1.82) is 0 Å². The first kappa shape index (κ1) is 15.8. The van der Waals surface area contributed by atoms with Crippen LogP contribution in [0.2, 0.25) is 0 Å². The summed E-state index contributed by atoms with van der Waals surface area (Å²) in [6, 6.07) is 6.56. The van der Waals surface area contributed by atoms with Crippen LogP contribution in [0.1, 0.15) is 24.2 Å². The predicted octanol–water partition coefficient (Wildman–Crippen LogP) is 5.18. The molecule has 0 radical (unpaired) electrons. The summed E-state index contributed by atoms with van der Waals surface area (Å²) < 4.78 is 50.7. The van der Waals surface area contributed by atoms with E-state index in [0.717, 1.165) is 17.8 Å². The number of rotatable bonds is 3. The van der Waals surface area contributed by atoms with Gasteiger partial charge in [0.1, 0.15) is 11.5 Å². The van der Waals surface area contributed by atoms with Crippen molar-refractivity contribution in [1.82, 2.24) is 4.98 Å². The van der Waals surface area contributed by atoms with Crippen molar-refractivity contribution in [2.45, 2.75) is 19.1 Å². The van der Waals surface area contributed by atoms with Crippen molar-refractivity contribution < 1.29 is 17.6 Å². The van der Waals surface area contributed by atoms with E-state index >= 15 is 0 Å². The molecule has 1 atom stereocenters. The minimum absolute atomic E-state index is 0.208. The molecule has 0 amide bonds. The lowest BCUT2D eigenvalue weighted by atomic mass is 10.1. The number of hydrogen-bond acceptors (Lipinski definition) is 2. The van der Waals surface area contributed by atoms with Crippen LogP contribution in [0.15, 0.2) is 41.0 Å². The molecule has 2 rings (SSSR count). The van der Waals surface area contributed by atoms with Crippen LogP contribution in [0.3, 0.4) is 0 Å². The topological polar surface area (TPSA) is 24.9 Å². The molecular weight excluding hydrogens is 352 g/mol. The molecule has 2 aromatic rings. The van der Waals surface area contributed by atoms with Gasteiger partial charge in [0.2, 0.25) is 0 Å². The van der Waals surface area contributed by atoms with Crippen molar-refractivity contribution in [3.8, 4) is 0 Å². The molecule has 1 aromatic carbocycles. The highest BCUT2D eigenvalue weighted by atomic mass is 79.9. The minimum Gasteiger partial charge on any atom is -0.377 e. The van der Waals surface area contributed by atoms with Crippen LogP contribution in [0, 0.1) is 5.82 Å². The van der Waals surface area contributed by atoms with Gasteiger partial charge in [0.05, 0.1) is 16.4 Å². The van der Waals surface area contributed by atoms with Crippen LogP contribution < -0.4 is 5.32 Å². The Morgan fingerprint density at radius 1 is 1.19 bits per heavy atom. The Hall–Kier alpha value is -1.63. The van der Waals surface area contributed by atoms with E-state index in [1.807, 2.05) is 6.92 Å². The van der Waals surface area contributed by atoms with Crippen molar-refractivity contribution in [3.05, 3.63) is 58.1 Å². The molecule has 1 N–H and O–H groups in total. The molecule has 0 fully saturated rings. The highest BCUT2D eigenvalue weighted by Crippen LogP contribution is 2.29. The predicted molar refractivity (Wildman–Crippen MR) is 75.4 cm³/mol. The zero-order valence-corrected chi connectivity index (χ0v) is 12.5. The zero-order valence-electron chi connectivity index (χ0n) is 10.9. The number of hydrogen-bond donors (Lipinski definition) is 1. The first-order chi connectivity index (χ1) is 9.77. The van der Waals surface area contributed by atoms with Gasteiger partial charge in [0.25, 0.3) is 0 Å². The van der Waals surface area contributed by atoms with Gasteiger partial charge in [-0.3, -0.25) is 0 Å². The molecule has 0 saturated carbocycles. The SMILES string of the molecule is CC(Nc1ccc(C(F)(F)F)nc1)c1ccc(F)c(Br)c1. The molecule has 0 spiro atoms. The summed E-state index contributed by atoms with van der Waals surface area (Å²) in [5.41, 5.74) is 0.310. The number of aromatic nitrogens is 1. The zero-order chi connectivity index (χ0) is 15.6. The lowest BCUT2D eigenvalue weighted by Crippen LogP contribution is -2.10. The van der Waals surface area contributed by atoms with Gasteiger partial charge in [0, 0.05) is 6.04 Å². The fourth-order valence-corrected chi connectivity index (χ4v) is 2.16. The maximum absolute atomic E-state index is 13.2. The second-order valence-corrected chi connectivity index (χ2v) is 5.32. The van der Waals surface area contributed by atoms with Gasteiger partial charge in [-0.1, -0.05) is 6.07 Å². The lowest BCUT2D eigenvalue weighted by Gasteiger charge is -2.16. The number of nitrogens with one attached hydrogen (secondary N) is 1. The van der Waals surface area contributed by atoms with Crippen LogP contribution in [0.4, 0.5) is 23.2 Å². The molecule has 1 unspecified atom stereocenters. The molecule has 1 heterocycles. The molecule has 0 aliphatic heterocycles. The summed E-state index contributed by atoms with van der Waals surface area (Å²) >= 11 is 3.09. The van der Waals surface area contributed by atoms with Crippen LogP contribution in [-0.2, 0) is 6.18 Å². The van der Waals surface area contributed by atoms with Crippen LogP contribution >= 0.6 is 15.9 Å². The van der Waals surface area contributed by atoms with Crippen molar-refractivity contribution in [2.75, 3.05) is 5.32 Å². The smallest absolute Gasteiger partial charge is 0.377 e. The molecule has 2 nitrogen and oxygen atoms in total. The maximum Gasteiger partial charge on any atom is 0.433 e. The molecule has 0 saturated heterocycles. The highest BCUT2D eigenvalue weighted by molar-refractivity contribution is 9.10. The summed E-state index contributed by atoms with van der Waals surface area (Å²) in [6.07, 6.45) is -3.33. The quantitative estimate of drug-likeness (QED) is 0.761. The van der Waals surface area contributed by atoms with Crippen molar-refractivity contribution in [3.63, 3.8) is 0 Å². The van der Waals surface area contributed by atoms with Gasteiger partial charge < -0.3 is 5.32 Å². The van der Waals surface area contributed by atoms with E-state index in [1.54, 1.807) is 12.1 Å². The Morgan fingerprint density at radius 2 is 1.90 bits per heavy atom. The number of benzene rings is 1. The van der Waals surface area contributed by atoms with E-state index < -0.39 is 11.9 Å². The number of nitrogens with zero attached hydrogens (tertiary/aromatic N) is 1. The number of halogens is 5. The Labute approximate surface area is 127 Å². The standard InChI is InChI=1S/C14H11BrF4N2/c1-8(9-2-4-12(16)11(15)6-9)21-10-3-5-13(20-7-10)14(17,18)19/h2-8,21H,1H3. The van der Waals surface area contributed by atoms with Gasteiger partial charge in [-0.05, 0) is 52.7 Å². The molecule has 0 bridgehead atoms. The van der Waals surface area contributed by atoms with Gasteiger partial charge in [-0.15, -0.1) is 0 Å².